The molecule has 2 amide bonds. The van der Waals surface area contributed by atoms with Gasteiger partial charge in [-0.15, -0.1) is 0 Å². The smallest absolute Gasteiger partial charge is 0.407 e. The molecule has 7 heteroatoms. The molecule has 0 saturated heterocycles. The summed E-state index contributed by atoms with van der Waals surface area (Å²) in [6, 6.07) is 15.3. The number of carbonyl (C=O) groups excluding carboxylic acids is 2. The van der Waals surface area contributed by atoms with Crippen LogP contribution in [-0.4, -0.2) is 42.3 Å². The lowest BCUT2D eigenvalue weighted by atomic mass is 9.98. The molecule has 2 aromatic rings. The van der Waals surface area contributed by atoms with Crippen LogP contribution in [0.25, 0.3) is 11.1 Å². The van der Waals surface area contributed by atoms with Crippen molar-refractivity contribution in [3.8, 4) is 11.1 Å². The highest BCUT2D eigenvalue weighted by atomic mass is 16.5. The summed E-state index contributed by atoms with van der Waals surface area (Å²) < 4.78 is 5.52. The number of nitrogens with one attached hydrogen (secondary N) is 2. The van der Waals surface area contributed by atoms with Gasteiger partial charge in [-0.1, -0.05) is 62.4 Å². The summed E-state index contributed by atoms with van der Waals surface area (Å²) in [7, 11) is 0. The average Bonchev–Trinajstić information content (AvgIpc) is 3.51. The second-order valence-corrected chi connectivity index (χ2v) is 8.99. The normalized spacial score (nSPS) is 16.6. The number of amides is 2. The maximum Gasteiger partial charge on any atom is 0.407 e. The van der Waals surface area contributed by atoms with Crippen LogP contribution in [0, 0.1) is 11.3 Å². The van der Waals surface area contributed by atoms with Crippen LogP contribution in [0.5, 0.6) is 0 Å². The molecule has 1 atom stereocenters. The van der Waals surface area contributed by atoms with Crippen molar-refractivity contribution in [2.45, 2.75) is 38.6 Å². The summed E-state index contributed by atoms with van der Waals surface area (Å²) >= 11 is 0. The van der Waals surface area contributed by atoms with Gasteiger partial charge in [-0.05, 0) is 41.0 Å². The Morgan fingerprint density at radius 3 is 2.09 bits per heavy atom. The van der Waals surface area contributed by atoms with E-state index in [9.17, 15) is 19.5 Å². The van der Waals surface area contributed by atoms with Gasteiger partial charge in [-0.3, -0.25) is 4.79 Å². The quantitative estimate of drug-likeness (QED) is 0.587. The molecule has 2 aliphatic rings. The van der Waals surface area contributed by atoms with E-state index in [0.29, 0.717) is 12.8 Å². The van der Waals surface area contributed by atoms with Crippen LogP contribution in [0.2, 0.25) is 0 Å². The number of alkyl carbamates (subject to hydrolysis) is 1. The SMILES string of the molecule is CC(C)[C@@H](NC(=O)C1(CNC(=O)OCC2c3ccccc3-c3ccccc32)CC1)C(=O)O. The molecular formula is C25H28N2O5. The summed E-state index contributed by atoms with van der Waals surface area (Å²) in [5.41, 5.74) is 3.82. The first-order chi connectivity index (χ1) is 15.3. The van der Waals surface area contributed by atoms with Gasteiger partial charge in [0.1, 0.15) is 12.6 Å². The molecule has 0 radical (unpaired) electrons. The van der Waals surface area contributed by atoms with E-state index < -0.39 is 23.5 Å². The average molecular weight is 437 g/mol. The Kier molecular flexibility index (Phi) is 5.91. The van der Waals surface area contributed by atoms with Crippen LogP contribution >= 0.6 is 0 Å². The van der Waals surface area contributed by atoms with Gasteiger partial charge in [0.15, 0.2) is 0 Å². The third kappa shape index (κ3) is 4.20. The van der Waals surface area contributed by atoms with E-state index in [-0.39, 0.29) is 30.9 Å². The van der Waals surface area contributed by atoms with Crippen molar-refractivity contribution >= 4 is 18.0 Å². The second-order valence-electron chi connectivity index (χ2n) is 8.99. The molecule has 0 bridgehead atoms. The molecule has 2 aliphatic carbocycles. The van der Waals surface area contributed by atoms with E-state index in [4.69, 9.17) is 4.74 Å². The predicted molar refractivity (Wildman–Crippen MR) is 119 cm³/mol. The van der Waals surface area contributed by atoms with Gasteiger partial charge in [0.25, 0.3) is 0 Å². The third-order valence-corrected chi connectivity index (χ3v) is 6.47. The first-order valence-electron chi connectivity index (χ1n) is 10.9. The van der Waals surface area contributed by atoms with Crippen LogP contribution in [0.1, 0.15) is 43.7 Å². The number of rotatable bonds is 8. The molecular weight excluding hydrogens is 408 g/mol. The van der Waals surface area contributed by atoms with Crippen molar-refractivity contribution in [2.75, 3.05) is 13.2 Å². The van der Waals surface area contributed by atoms with Crippen LogP contribution in [0.3, 0.4) is 0 Å². The van der Waals surface area contributed by atoms with E-state index in [0.717, 1.165) is 22.3 Å². The third-order valence-electron chi connectivity index (χ3n) is 6.47. The molecule has 0 aliphatic heterocycles. The Bertz CT molecular complexity index is 999. The maximum absolute atomic E-state index is 12.6. The summed E-state index contributed by atoms with van der Waals surface area (Å²) in [6.45, 7) is 3.81. The van der Waals surface area contributed by atoms with E-state index >= 15 is 0 Å². The fraction of sp³-hybridized carbons (Fsp3) is 0.400. The molecule has 0 heterocycles. The molecule has 32 heavy (non-hydrogen) atoms. The topological polar surface area (TPSA) is 105 Å². The zero-order valence-electron chi connectivity index (χ0n) is 18.3. The largest absolute Gasteiger partial charge is 0.480 e. The van der Waals surface area contributed by atoms with Crippen LogP contribution < -0.4 is 10.6 Å². The van der Waals surface area contributed by atoms with Crippen LogP contribution in [0.15, 0.2) is 48.5 Å². The van der Waals surface area contributed by atoms with Crippen molar-refractivity contribution in [1.29, 1.82) is 0 Å². The lowest BCUT2D eigenvalue weighted by Gasteiger charge is -2.22. The fourth-order valence-corrected chi connectivity index (χ4v) is 4.33. The summed E-state index contributed by atoms with van der Waals surface area (Å²) in [6.07, 6.45) is 0.629. The minimum absolute atomic E-state index is 0.0336. The van der Waals surface area contributed by atoms with Gasteiger partial charge in [0.2, 0.25) is 5.91 Å². The van der Waals surface area contributed by atoms with Crippen LogP contribution in [0.4, 0.5) is 4.79 Å². The Balaban J connectivity index is 1.33. The number of ether oxygens (including phenoxy) is 1. The van der Waals surface area contributed by atoms with E-state index in [1.54, 1.807) is 13.8 Å². The van der Waals surface area contributed by atoms with E-state index in [1.165, 1.54) is 0 Å². The fourth-order valence-electron chi connectivity index (χ4n) is 4.33. The zero-order valence-corrected chi connectivity index (χ0v) is 18.3. The first kappa shape index (κ1) is 21.9. The predicted octanol–water partition coefficient (Wildman–Crippen LogP) is 3.53. The number of fused-ring (bicyclic) bond motifs is 3. The molecule has 168 valence electrons. The summed E-state index contributed by atoms with van der Waals surface area (Å²) in [5, 5.41) is 14.6. The Labute approximate surface area is 187 Å². The van der Waals surface area contributed by atoms with Crippen LogP contribution in [-0.2, 0) is 14.3 Å². The second kappa shape index (κ2) is 8.65. The van der Waals surface area contributed by atoms with E-state index in [2.05, 4.69) is 34.9 Å². The number of hydrogen-bond donors (Lipinski definition) is 3. The van der Waals surface area contributed by atoms with Gasteiger partial charge in [0, 0.05) is 12.5 Å². The Morgan fingerprint density at radius 1 is 1.03 bits per heavy atom. The van der Waals surface area contributed by atoms with Crippen molar-refractivity contribution < 1.29 is 24.2 Å². The molecule has 0 unspecified atom stereocenters. The van der Waals surface area contributed by atoms with Gasteiger partial charge in [0.05, 0.1) is 5.41 Å². The molecule has 2 aromatic carbocycles. The lowest BCUT2D eigenvalue weighted by molar-refractivity contribution is -0.144. The number of carbonyl (C=O) groups is 3. The first-order valence-corrected chi connectivity index (χ1v) is 10.9. The molecule has 1 fully saturated rings. The maximum atomic E-state index is 12.6. The Hall–Kier alpha value is -3.35. The minimum Gasteiger partial charge on any atom is -0.480 e. The number of aliphatic carboxylic acids is 1. The van der Waals surface area contributed by atoms with Gasteiger partial charge < -0.3 is 20.5 Å². The summed E-state index contributed by atoms with van der Waals surface area (Å²) in [4.78, 5) is 36.4. The molecule has 0 spiro atoms. The monoisotopic (exact) mass is 436 g/mol. The number of hydrogen-bond acceptors (Lipinski definition) is 4. The highest BCUT2D eigenvalue weighted by Gasteiger charge is 2.51. The van der Waals surface area contributed by atoms with Gasteiger partial charge in [-0.2, -0.15) is 0 Å². The molecule has 3 N–H and O–H groups in total. The van der Waals surface area contributed by atoms with Crippen molar-refractivity contribution in [3.63, 3.8) is 0 Å². The number of benzene rings is 2. The molecule has 7 nitrogen and oxygen atoms in total. The number of carboxylic acids is 1. The highest BCUT2D eigenvalue weighted by molar-refractivity contribution is 5.90. The number of carboxylic acid groups (broad SMARTS) is 1. The molecule has 4 rings (SSSR count). The molecule has 0 aromatic heterocycles. The Morgan fingerprint density at radius 2 is 1.59 bits per heavy atom. The van der Waals surface area contributed by atoms with Crippen molar-refractivity contribution in [1.82, 2.24) is 10.6 Å². The molecule has 1 saturated carbocycles. The zero-order chi connectivity index (χ0) is 22.9. The van der Waals surface area contributed by atoms with E-state index in [1.807, 2.05) is 24.3 Å². The summed E-state index contributed by atoms with van der Waals surface area (Å²) in [5.74, 6) is -1.66. The van der Waals surface area contributed by atoms with Crippen molar-refractivity contribution in [2.24, 2.45) is 11.3 Å². The lowest BCUT2D eigenvalue weighted by Crippen LogP contribution is -2.49. The standard InChI is InChI=1S/C25H28N2O5/c1-15(2)21(22(28)29)27-23(30)25(11-12-25)14-26-24(31)32-13-20-18-9-5-3-7-16(18)17-8-4-6-10-19(17)20/h3-10,15,20-21H,11-14H2,1-2H3,(H,26,31)(H,27,30)(H,28,29)/t21-/m1/s1. The van der Waals surface area contributed by atoms with Crippen molar-refractivity contribution in [3.05, 3.63) is 59.7 Å². The highest BCUT2D eigenvalue weighted by Crippen LogP contribution is 2.46. The van der Waals surface area contributed by atoms with Gasteiger partial charge in [-0.25, -0.2) is 9.59 Å². The van der Waals surface area contributed by atoms with Gasteiger partial charge >= 0.3 is 12.1 Å². The minimum atomic E-state index is -1.06.